The number of hydrogen-bond donors (Lipinski definition) is 1. The zero-order valence-corrected chi connectivity index (χ0v) is 15.1. The van der Waals surface area contributed by atoms with Crippen LogP contribution in [0.25, 0.3) is 0 Å². The van der Waals surface area contributed by atoms with E-state index >= 15 is 0 Å². The van der Waals surface area contributed by atoms with E-state index in [4.69, 9.17) is 5.11 Å². The van der Waals surface area contributed by atoms with Gasteiger partial charge in [-0.25, -0.2) is 4.79 Å². The van der Waals surface area contributed by atoms with Gasteiger partial charge < -0.3 is 10.2 Å². The Morgan fingerprint density at radius 2 is 1.84 bits per heavy atom. The average molecular weight is 291 g/mol. The van der Waals surface area contributed by atoms with Crippen LogP contribution in [-0.2, 0) is 4.79 Å². The van der Waals surface area contributed by atoms with Crippen LogP contribution in [-0.4, -0.2) is 23.5 Å². The Balaban J connectivity index is 0. The minimum Gasteiger partial charge on any atom is -0.859 e. The molecule has 5 heteroatoms. The van der Waals surface area contributed by atoms with E-state index in [1.165, 1.54) is 32.1 Å². The molecule has 0 saturated carbocycles. The monoisotopic (exact) mass is 291 g/mol. The molecule has 0 radical (unpaired) electrons. The molecule has 0 aliphatic rings. The molecule has 0 unspecified atom stereocenters. The Bertz CT molecular complexity index is 312. The second kappa shape index (κ2) is 16.1. The van der Waals surface area contributed by atoms with E-state index in [-0.39, 0.29) is 51.4 Å². The van der Waals surface area contributed by atoms with Crippen molar-refractivity contribution in [1.29, 1.82) is 0 Å². The van der Waals surface area contributed by atoms with Crippen LogP contribution in [0.4, 0.5) is 0 Å². The van der Waals surface area contributed by atoms with Crippen LogP contribution in [0.15, 0.2) is 29.3 Å². The molecule has 1 N–H and O–H groups in total. The summed E-state index contributed by atoms with van der Waals surface area (Å²) in [6.07, 6.45) is 12.9. The fourth-order valence-corrected chi connectivity index (χ4v) is 1.40. The number of carboxylic acid groups (broad SMARTS) is 1. The van der Waals surface area contributed by atoms with Gasteiger partial charge in [-0.2, -0.15) is 0 Å². The van der Waals surface area contributed by atoms with Gasteiger partial charge in [0.25, 0.3) is 0 Å². The second-order valence-electron chi connectivity index (χ2n) is 4.02. The van der Waals surface area contributed by atoms with Gasteiger partial charge in [0.2, 0.25) is 0 Å². The number of aliphatic imine (C=N–C) groups is 1. The van der Waals surface area contributed by atoms with Crippen LogP contribution in [0.2, 0.25) is 0 Å². The SMILES string of the molecule is CCCCCCC/C=C/CN=C([O-])/C=C/C(=O)O.[K+]. The zero-order chi connectivity index (χ0) is 13.6. The van der Waals surface area contributed by atoms with E-state index in [1.54, 1.807) is 0 Å². The average Bonchev–Trinajstić information content (AvgIpc) is 2.34. The summed E-state index contributed by atoms with van der Waals surface area (Å²) in [5.41, 5.74) is 0. The first-order valence-electron chi connectivity index (χ1n) is 6.44. The largest absolute Gasteiger partial charge is 1.00 e. The van der Waals surface area contributed by atoms with E-state index < -0.39 is 11.9 Å². The minimum absolute atomic E-state index is 0. The Kier molecular flexibility index (Phi) is 18.1. The van der Waals surface area contributed by atoms with Crippen LogP contribution in [0.3, 0.4) is 0 Å². The molecule has 0 atom stereocenters. The third-order valence-electron chi connectivity index (χ3n) is 2.36. The summed E-state index contributed by atoms with van der Waals surface area (Å²) in [6, 6.07) is 0. The number of aliphatic carboxylic acids is 1. The number of carbonyl (C=O) groups is 1. The van der Waals surface area contributed by atoms with E-state index in [0.717, 1.165) is 18.6 Å². The zero-order valence-electron chi connectivity index (χ0n) is 12.0. The van der Waals surface area contributed by atoms with Gasteiger partial charge in [0.15, 0.2) is 0 Å². The third kappa shape index (κ3) is 18.1. The smallest absolute Gasteiger partial charge is 0.859 e. The van der Waals surface area contributed by atoms with E-state index in [1.807, 2.05) is 12.2 Å². The summed E-state index contributed by atoms with van der Waals surface area (Å²) >= 11 is 0. The topological polar surface area (TPSA) is 72.7 Å². The van der Waals surface area contributed by atoms with Gasteiger partial charge in [0.05, 0.1) is 6.54 Å². The normalized spacial score (nSPS) is 11.9. The maximum atomic E-state index is 11.0. The van der Waals surface area contributed by atoms with Crippen molar-refractivity contribution in [3.05, 3.63) is 24.3 Å². The fourth-order valence-electron chi connectivity index (χ4n) is 1.40. The molecule has 19 heavy (non-hydrogen) atoms. The van der Waals surface area contributed by atoms with Crippen molar-refractivity contribution in [3.63, 3.8) is 0 Å². The summed E-state index contributed by atoms with van der Waals surface area (Å²) < 4.78 is 0. The maximum absolute atomic E-state index is 11.0. The van der Waals surface area contributed by atoms with Gasteiger partial charge >= 0.3 is 57.4 Å². The van der Waals surface area contributed by atoms with Crippen molar-refractivity contribution < 1.29 is 66.4 Å². The van der Waals surface area contributed by atoms with Crippen molar-refractivity contribution in [2.24, 2.45) is 4.99 Å². The molecule has 0 rings (SSSR count). The summed E-state index contributed by atoms with van der Waals surface area (Å²) in [6.45, 7) is 2.51. The molecule has 0 bridgehead atoms. The Hall–Kier alpha value is 0.0564. The van der Waals surface area contributed by atoms with Crippen molar-refractivity contribution in [2.75, 3.05) is 6.54 Å². The van der Waals surface area contributed by atoms with Gasteiger partial charge in [0.1, 0.15) is 0 Å². The first-order chi connectivity index (χ1) is 8.66. The number of hydrogen-bond acceptors (Lipinski definition) is 3. The van der Waals surface area contributed by atoms with Crippen molar-refractivity contribution in [3.8, 4) is 0 Å². The van der Waals surface area contributed by atoms with Gasteiger partial charge in [-0.05, 0) is 24.8 Å². The molecule has 0 amide bonds. The standard InChI is InChI=1S/C14H23NO3.K/c1-2-3-4-5-6-7-8-9-12-15-13(16)10-11-14(17)18;/h8-11H,2-7,12H2,1H3,(H,15,16)(H,17,18);/q;+1/p-1/b9-8+,11-10+;. The number of unbranched alkanes of at least 4 members (excludes halogenated alkanes) is 5. The Morgan fingerprint density at radius 1 is 1.16 bits per heavy atom. The molecule has 0 aromatic carbocycles. The molecule has 0 aliphatic heterocycles. The Labute approximate surface area is 158 Å². The summed E-state index contributed by atoms with van der Waals surface area (Å²) in [7, 11) is 0. The second-order valence-corrected chi connectivity index (χ2v) is 4.02. The molecule has 102 valence electrons. The predicted octanol–water partition coefficient (Wildman–Crippen LogP) is -0.693. The molecule has 0 spiro atoms. The molecule has 4 nitrogen and oxygen atoms in total. The summed E-state index contributed by atoms with van der Waals surface area (Å²) in [5, 5.41) is 19.3. The third-order valence-corrected chi connectivity index (χ3v) is 2.36. The quantitative estimate of drug-likeness (QED) is 0.145. The van der Waals surface area contributed by atoms with E-state index in [9.17, 15) is 9.90 Å². The van der Waals surface area contributed by atoms with Crippen molar-refractivity contribution >= 4 is 11.9 Å². The number of carboxylic acids is 1. The molecule has 0 heterocycles. The summed E-state index contributed by atoms with van der Waals surface area (Å²) in [5.74, 6) is -1.65. The van der Waals surface area contributed by atoms with E-state index in [0.29, 0.717) is 6.54 Å². The molecular formula is C14H22KNO3. The molecule has 0 fully saturated rings. The predicted molar refractivity (Wildman–Crippen MR) is 71.6 cm³/mol. The molecular weight excluding hydrogens is 269 g/mol. The van der Waals surface area contributed by atoms with Crippen LogP contribution >= 0.6 is 0 Å². The molecule has 0 aromatic heterocycles. The maximum Gasteiger partial charge on any atom is 1.00 e. The number of allylic oxidation sites excluding steroid dienone is 1. The fraction of sp³-hybridized carbons (Fsp3) is 0.571. The van der Waals surface area contributed by atoms with Gasteiger partial charge in [0, 0.05) is 6.08 Å². The Morgan fingerprint density at radius 3 is 2.47 bits per heavy atom. The molecule has 0 saturated heterocycles. The van der Waals surface area contributed by atoms with Crippen molar-refractivity contribution in [1.82, 2.24) is 0 Å². The van der Waals surface area contributed by atoms with E-state index in [2.05, 4.69) is 11.9 Å². The first-order valence-corrected chi connectivity index (χ1v) is 6.44. The van der Waals surface area contributed by atoms with Crippen molar-refractivity contribution in [2.45, 2.75) is 45.4 Å². The number of rotatable bonds is 10. The van der Waals surface area contributed by atoms with Crippen LogP contribution in [0.1, 0.15) is 45.4 Å². The molecule has 0 aromatic rings. The van der Waals surface area contributed by atoms with Crippen LogP contribution < -0.4 is 56.5 Å². The minimum atomic E-state index is -1.14. The van der Waals surface area contributed by atoms with Gasteiger partial charge in [-0.1, -0.05) is 44.8 Å². The first kappa shape index (κ1) is 21.4. The summed E-state index contributed by atoms with van der Waals surface area (Å²) in [4.78, 5) is 13.8. The van der Waals surface area contributed by atoms with Crippen LogP contribution in [0.5, 0.6) is 0 Å². The van der Waals surface area contributed by atoms with Gasteiger partial charge in [-0.15, -0.1) is 0 Å². The van der Waals surface area contributed by atoms with Gasteiger partial charge in [-0.3, -0.25) is 4.99 Å². The number of nitrogens with zero attached hydrogens (tertiary/aromatic N) is 1. The molecule has 0 aliphatic carbocycles. The van der Waals surface area contributed by atoms with Crippen LogP contribution in [0, 0.1) is 0 Å².